The van der Waals surface area contributed by atoms with Gasteiger partial charge in [-0.25, -0.2) is 0 Å². The fourth-order valence-electron chi connectivity index (χ4n) is 1.53. The van der Waals surface area contributed by atoms with Crippen LogP contribution in [0, 0.1) is 0 Å². The maximum atomic E-state index is 11.3. The normalized spacial score (nSPS) is 9.68. The number of carbonyl (C=O) groups excluding carboxylic acids is 1. The number of hydrogen-bond acceptors (Lipinski definition) is 2. The number of thioether (sulfide) groups is 1. The summed E-state index contributed by atoms with van der Waals surface area (Å²) in [4.78, 5) is 15.0. The summed E-state index contributed by atoms with van der Waals surface area (Å²) in [5.74, 6) is 0.282. The Labute approximate surface area is 115 Å². The molecule has 2 aromatic carbocycles. The van der Waals surface area contributed by atoms with E-state index in [4.69, 9.17) is 5.53 Å². The molecule has 0 heterocycles. The summed E-state index contributed by atoms with van der Waals surface area (Å²) in [6.07, 6.45) is 0. The highest BCUT2D eigenvalue weighted by Crippen LogP contribution is 2.22. The van der Waals surface area contributed by atoms with Crippen LogP contribution in [-0.2, 0) is 5.75 Å². The Bertz CT molecular complexity index is 604. The molecular formula is C14H11N3OS. The molecule has 0 aliphatic heterocycles. The number of azide groups is 1. The standard InChI is InChI=1S/C14H11N3OS/c15-17-16-14(18)12-8-6-11(7-9-12)10-19-13-4-2-1-3-5-13/h1-9H,10H2. The topological polar surface area (TPSA) is 65.8 Å². The van der Waals surface area contributed by atoms with Crippen molar-refractivity contribution in [3.63, 3.8) is 0 Å². The van der Waals surface area contributed by atoms with Gasteiger partial charge in [0.2, 0.25) is 5.91 Å². The summed E-state index contributed by atoms with van der Waals surface area (Å²) in [6.45, 7) is 0. The largest absolute Gasteiger partial charge is 0.287 e. The number of rotatable bonds is 4. The van der Waals surface area contributed by atoms with Crippen LogP contribution in [0.1, 0.15) is 15.9 Å². The second kappa shape index (κ2) is 6.64. The summed E-state index contributed by atoms with van der Waals surface area (Å²) < 4.78 is 0. The molecule has 0 atom stereocenters. The molecular weight excluding hydrogens is 258 g/mol. The van der Waals surface area contributed by atoms with E-state index in [-0.39, 0.29) is 0 Å². The highest BCUT2D eigenvalue weighted by molar-refractivity contribution is 7.98. The van der Waals surface area contributed by atoms with Crippen LogP contribution in [0.15, 0.2) is 64.6 Å². The van der Waals surface area contributed by atoms with Gasteiger partial charge in [0.25, 0.3) is 0 Å². The van der Waals surface area contributed by atoms with E-state index in [1.165, 1.54) is 4.90 Å². The first-order chi connectivity index (χ1) is 9.29. The first kappa shape index (κ1) is 13.2. The lowest BCUT2D eigenvalue weighted by atomic mass is 10.1. The Hall–Kier alpha value is -2.23. The predicted molar refractivity (Wildman–Crippen MR) is 75.9 cm³/mol. The third kappa shape index (κ3) is 3.88. The number of carbonyl (C=O) groups is 1. The van der Waals surface area contributed by atoms with Gasteiger partial charge in [0.15, 0.2) is 0 Å². The van der Waals surface area contributed by atoms with Crippen molar-refractivity contribution in [3.8, 4) is 0 Å². The zero-order valence-corrected chi connectivity index (χ0v) is 10.9. The van der Waals surface area contributed by atoms with Crippen molar-refractivity contribution in [3.05, 3.63) is 76.2 Å². The minimum absolute atomic E-state index is 0.409. The lowest BCUT2D eigenvalue weighted by molar-refractivity contribution is 0.100. The van der Waals surface area contributed by atoms with Crippen LogP contribution in [0.25, 0.3) is 10.4 Å². The summed E-state index contributed by atoms with van der Waals surface area (Å²) in [7, 11) is 0. The first-order valence-electron chi connectivity index (χ1n) is 5.66. The van der Waals surface area contributed by atoms with Crippen LogP contribution in [0.4, 0.5) is 0 Å². The molecule has 0 aliphatic carbocycles. The molecule has 0 fully saturated rings. The number of benzene rings is 2. The molecule has 0 spiro atoms. The monoisotopic (exact) mass is 269 g/mol. The second-order valence-electron chi connectivity index (χ2n) is 3.79. The highest BCUT2D eigenvalue weighted by Gasteiger charge is 2.02. The zero-order chi connectivity index (χ0) is 13.5. The molecule has 94 valence electrons. The maximum Gasteiger partial charge on any atom is 0.249 e. The van der Waals surface area contributed by atoms with Gasteiger partial charge in [-0.3, -0.25) is 4.79 Å². The highest BCUT2D eigenvalue weighted by atomic mass is 32.2. The quantitative estimate of drug-likeness (QED) is 0.356. The molecule has 0 bridgehead atoms. The minimum Gasteiger partial charge on any atom is -0.287 e. The van der Waals surface area contributed by atoms with Crippen LogP contribution in [0.5, 0.6) is 0 Å². The fourth-order valence-corrected chi connectivity index (χ4v) is 2.40. The summed E-state index contributed by atoms with van der Waals surface area (Å²) in [5.41, 5.74) is 9.72. The molecule has 0 aromatic heterocycles. The van der Waals surface area contributed by atoms with E-state index in [0.29, 0.717) is 5.56 Å². The van der Waals surface area contributed by atoms with Crippen molar-refractivity contribution in [2.45, 2.75) is 10.6 Å². The molecule has 1 amide bonds. The van der Waals surface area contributed by atoms with Crippen molar-refractivity contribution in [1.82, 2.24) is 0 Å². The Morgan fingerprint density at radius 1 is 1.11 bits per heavy atom. The molecule has 0 radical (unpaired) electrons. The number of amides is 1. The molecule has 0 saturated carbocycles. The molecule has 0 unspecified atom stereocenters. The average molecular weight is 269 g/mol. The zero-order valence-electron chi connectivity index (χ0n) is 10.1. The van der Waals surface area contributed by atoms with Crippen LogP contribution < -0.4 is 0 Å². The number of hydrogen-bond donors (Lipinski definition) is 0. The molecule has 0 saturated heterocycles. The third-order valence-corrected chi connectivity index (χ3v) is 3.57. The van der Waals surface area contributed by atoms with E-state index in [1.54, 1.807) is 23.9 Å². The third-order valence-electron chi connectivity index (χ3n) is 2.49. The van der Waals surface area contributed by atoms with Gasteiger partial charge in [-0.15, -0.1) is 11.8 Å². The number of nitrogens with zero attached hydrogens (tertiary/aromatic N) is 3. The molecule has 0 aliphatic rings. The van der Waals surface area contributed by atoms with Crippen molar-refractivity contribution < 1.29 is 4.79 Å². The Kier molecular flexibility index (Phi) is 4.61. The van der Waals surface area contributed by atoms with Crippen LogP contribution in [-0.4, -0.2) is 5.91 Å². The lowest BCUT2D eigenvalue weighted by Gasteiger charge is -2.02. The van der Waals surface area contributed by atoms with Crippen LogP contribution in [0.2, 0.25) is 0 Å². The average Bonchev–Trinajstić information content (AvgIpc) is 2.47. The van der Waals surface area contributed by atoms with Gasteiger partial charge in [-0.05, 0) is 28.3 Å². The first-order valence-corrected chi connectivity index (χ1v) is 6.64. The lowest BCUT2D eigenvalue weighted by Crippen LogP contribution is -1.93. The Morgan fingerprint density at radius 2 is 1.79 bits per heavy atom. The van der Waals surface area contributed by atoms with E-state index in [1.807, 2.05) is 30.3 Å². The van der Waals surface area contributed by atoms with E-state index in [9.17, 15) is 4.79 Å². The second-order valence-corrected chi connectivity index (χ2v) is 4.84. The minimum atomic E-state index is -0.551. The van der Waals surface area contributed by atoms with Gasteiger partial charge in [0.1, 0.15) is 0 Å². The van der Waals surface area contributed by atoms with E-state index in [0.717, 1.165) is 11.3 Å². The van der Waals surface area contributed by atoms with Gasteiger partial charge < -0.3 is 0 Å². The summed E-state index contributed by atoms with van der Waals surface area (Å²) >= 11 is 1.73. The van der Waals surface area contributed by atoms with Crippen LogP contribution >= 0.6 is 11.8 Å². The van der Waals surface area contributed by atoms with Crippen molar-refractivity contribution >= 4 is 17.7 Å². The molecule has 0 N–H and O–H groups in total. The maximum absolute atomic E-state index is 11.3. The molecule has 4 nitrogen and oxygen atoms in total. The van der Waals surface area contributed by atoms with Gasteiger partial charge in [0, 0.05) is 21.1 Å². The predicted octanol–water partition coefficient (Wildman–Crippen LogP) is 4.43. The van der Waals surface area contributed by atoms with Crippen LogP contribution in [0.3, 0.4) is 0 Å². The Balaban J connectivity index is 1.99. The molecule has 2 aromatic rings. The van der Waals surface area contributed by atoms with Gasteiger partial charge in [-0.1, -0.05) is 42.5 Å². The molecule has 2 rings (SSSR count). The van der Waals surface area contributed by atoms with Crippen molar-refractivity contribution in [2.24, 2.45) is 5.11 Å². The SMILES string of the molecule is [N-]=[N+]=NC(=O)c1ccc(CSc2ccccc2)cc1. The summed E-state index contributed by atoms with van der Waals surface area (Å²) in [6, 6.07) is 17.2. The van der Waals surface area contributed by atoms with Gasteiger partial charge >= 0.3 is 0 Å². The molecule has 19 heavy (non-hydrogen) atoms. The van der Waals surface area contributed by atoms with E-state index < -0.39 is 5.91 Å². The van der Waals surface area contributed by atoms with Gasteiger partial charge in [0.05, 0.1) is 0 Å². The Morgan fingerprint density at radius 3 is 2.42 bits per heavy atom. The van der Waals surface area contributed by atoms with E-state index in [2.05, 4.69) is 22.2 Å². The van der Waals surface area contributed by atoms with E-state index >= 15 is 0 Å². The molecule has 5 heteroatoms. The smallest absolute Gasteiger partial charge is 0.249 e. The van der Waals surface area contributed by atoms with Gasteiger partial charge in [-0.2, -0.15) is 0 Å². The fraction of sp³-hybridized carbons (Fsp3) is 0.0714. The van der Waals surface area contributed by atoms with Crippen molar-refractivity contribution in [2.75, 3.05) is 0 Å². The summed E-state index contributed by atoms with van der Waals surface area (Å²) in [5, 5.41) is 3.05. The van der Waals surface area contributed by atoms with Crippen molar-refractivity contribution in [1.29, 1.82) is 0 Å².